The molecule has 6 heteroatoms. The van der Waals surface area contributed by atoms with Crippen molar-refractivity contribution in [1.29, 1.82) is 0 Å². The van der Waals surface area contributed by atoms with Crippen LogP contribution in [-0.4, -0.2) is 96.4 Å². The molecule has 0 radical (unpaired) electrons. The number of hydrogen-bond acceptors (Lipinski definition) is 5. The van der Waals surface area contributed by atoms with Gasteiger partial charge in [0.2, 0.25) is 0 Å². The third-order valence-corrected chi connectivity index (χ3v) is 4.69. The SMILES string of the molecule is CC.CC.CC(C)N(CCCn1ccnc1)C(C)C.CN(C)CCN1CCOCC1. The van der Waals surface area contributed by atoms with E-state index in [0.717, 1.165) is 45.9 Å². The second kappa shape index (κ2) is 21.3. The van der Waals surface area contributed by atoms with Crippen LogP contribution in [0.1, 0.15) is 61.8 Å². The summed E-state index contributed by atoms with van der Waals surface area (Å²) in [6.45, 7) is 25.6. The maximum absolute atomic E-state index is 5.25. The van der Waals surface area contributed by atoms with Gasteiger partial charge in [-0.1, -0.05) is 27.7 Å². The molecule has 0 unspecified atom stereocenters. The van der Waals surface area contributed by atoms with Crippen molar-refractivity contribution in [3.05, 3.63) is 18.7 Å². The van der Waals surface area contributed by atoms with E-state index in [1.807, 2.05) is 46.4 Å². The van der Waals surface area contributed by atoms with Crippen molar-refractivity contribution in [2.24, 2.45) is 0 Å². The fourth-order valence-corrected chi connectivity index (χ4v) is 3.13. The highest BCUT2D eigenvalue weighted by atomic mass is 16.5. The summed E-state index contributed by atoms with van der Waals surface area (Å²) in [5, 5.41) is 0. The molecule has 0 atom stereocenters. The lowest BCUT2D eigenvalue weighted by molar-refractivity contribution is 0.0354. The minimum atomic E-state index is 0.632. The molecule has 0 aromatic carbocycles. The van der Waals surface area contributed by atoms with E-state index in [1.54, 1.807) is 0 Å². The molecule has 1 aliphatic heterocycles. The summed E-state index contributed by atoms with van der Waals surface area (Å²) in [5.41, 5.74) is 0. The van der Waals surface area contributed by atoms with Gasteiger partial charge in [0, 0.05) is 63.7 Å². The van der Waals surface area contributed by atoms with E-state index >= 15 is 0 Å². The molecule has 0 aliphatic carbocycles. The summed E-state index contributed by atoms with van der Waals surface area (Å²) >= 11 is 0. The number of ether oxygens (including phenoxy) is 1. The van der Waals surface area contributed by atoms with Crippen molar-refractivity contribution < 1.29 is 4.74 Å². The lowest BCUT2D eigenvalue weighted by atomic mass is 10.2. The standard InChI is InChI=1S/C12H23N3.C8H18N2O.2C2H6/c1-11(2)15(12(3)4)8-5-7-14-9-6-13-10-14;1-9(2)3-4-10-5-7-11-8-6-10;2*1-2/h6,9-12H,5,7-8H2,1-4H3;3-8H2,1-2H3;2*1-2H3. The Bertz CT molecular complexity index is 421. The predicted molar refractivity (Wildman–Crippen MR) is 132 cm³/mol. The quantitative estimate of drug-likeness (QED) is 0.586. The number of likely N-dealkylation sites (N-methyl/N-ethyl adjacent to an activating group) is 1. The van der Waals surface area contributed by atoms with Gasteiger partial charge in [-0.25, -0.2) is 4.98 Å². The van der Waals surface area contributed by atoms with E-state index in [-0.39, 0.29) is 0 Å². The molecule has 1 aromatic heterocycles. The Balaban J connectivity index is 0. The molecule has 30 heavy (non-hydrogen) atoms. The van der Waals surface area contributed by atoms with Gasteiger partial charge in [0.25, 0.3) is 0 Å². The highest BCUT2D eigenvalue weighted by molar-refractivity contribution is 4.74. The van der Waals surface area contributed by atoms with Crippen molar-refractivity contribution >= 4 is 0 Å². The number of rotatable bonds is 9. The number of aryl methyl sites for hydroxylation is 1. The Morgan fingerprint density at radius 2 is 1.47 bits per heavy atom. The molecule has 0 spiro atoms. The van der Waals surface area contributed by atoms with Crippen LogP contribution < -0.4 is 0 Å². The van der Waals surface area contributed by atoms with E-state index in [0.29, 0.717) is 12.1 Å². The Kier molecular flexibility index (Phi) is 22.2. The molecule has 0 saturated carbocycles. The van der Waals surface area contributed by atoms with Crippen molar-refractivity contribution in [2.75, 3.05) is 60.0 Å². The van der Waals surface area contributed by atoms with Gasteiger partial charge in [-0.3, -0.25) is 9.80 Å². The molecule has 180 valence electrons. The Hall–Kier alpha value is -0.950. The molecule has 1 aliphatic rings. The summed E-state index contributed by atoms with van der Waals surface area (Å²) < 4.78 is 7.39. The summed E-state index contributed by atoms with van der Waals surface area (Å²) in [7, 11) is 4.22. The average molecular weight is 428 g/mol. The molecule has 0 N–H and O–H groups in total. The van der Waals surface area contributed by atoms with E-state index in [2.05, 4.69) is 66.0 Å². The van der Waals surface area contributed by atoms with Crippen molar-refractivity contribution in [3.63, 3.8) is 0 Å². The molecule has 2 rings (SSSR count). The first-order valence-corrected chi connectivity index (χ1v) is 12.1. The molecule has 2 heterocycles. The van der Waals surface area contributed by atoms with Gasteiger partial charge in [0.05, 0.1) is 19.5 Å². The minimum absolute atomic E-state index is 0.632. The molecule has 0 bridgehead atoms. The lowest BCUT2D eigenvalue weighted by Gasteiger charge is -2.30. The second-order valence-corrected chi connectivity index (χ2v) is 7.84. The fourth-order valence-electron chi connectivity index (χ4n) is 3.13. The van der Waals surface area contributed by atoms with Gasteiger partial charge in [-0.05, 0) is 48.2 Å². The van der Waals surface area contributed by atoms with Crippen LogP contribution in [0.3, 0.4) is 0 Å². The molecule has 1 saturated heterocycles. The van der Waals surface area contributed by atoms with Gasteiger partial charge in [-0.15, -0.1) is 0 Å². The number of imidazole rings is 1. The summed E-state index contributed by atoms with van der Waals surface area (Å²) in [6.07, 6.45) is 6.93. The average Bonchev–Trinajstić information content (AvgIpc) is 3.27. The van der Waals surface area contributed by atoms with E-state index < -0.39 is 0 Å². The Labute approximate surface area is 188 Å². The van der Waals surface area contributed by atoms with Gasteiger partial charge >= 0.3 is 0 Å². The zero-order valence-corrected chi connectivity index (χ0v) is 21.9. The van der Waals surface area contributed by atoms with Crippen LogP contribution in [0.2, 0.25) is 0 Å². The second-order valence-electron chi connectivity index (χ2n) is 7.84. The summed E-state index contributed by atoms with van der Waals surface area (Å²) in [5.74, 6) is 0. The number of nitrogens with zero attached hydrogens (tertiary/aromatic N) is 5. The van der Waals surface area contributed by atoms with Crippen LogP contribution in [0.15, 0.2) is 18.7 Å². The van der Waals surface area contributed by atoms with Crippen molar-refractivity contribution in [1.82, 2.24) is 24.3 Å². The van der Waals surface area contributed by atoms with E-state index in [4.69, 9.17) is 4.74 Å². The molecule has 0 amide bonds. The van der Waals surface area contributed by atoms with Crippen LogP contribution in [0, 0.1) is 0 Å². The smallest absolute Gasteiger partial charge is 0.0945 e. The zero-order chi connectivity index (χ0) is 23.4. The van der Waals surface area contributed by atoms with Crippen LogP contribution in [-0.2, 0) is 11.3 Å². The van der Waals surface area contributed by atoms with Crippen molar-refractivity contribution in [2.45, 2.75) is 80.4 Å². The van der Waals surface area contributed by atoms with Crippen LogP contribution in [0.5, 0.6) is 0 Å². The predicted octanol–water partition coefficient (Wildman–Crippen LogP) is 4.32. The highest BCUT2D eigenvalue weighted by Gasteiger charge is 2.12. The third kappa shape index (κ3) is 16.8. The third-order valence-electron chi connectivity index (χ3n) is 4.69. The lowest BCUT2D eigenvalue weighted by Crippen LogP contribution is -2.40. The Morgan fingerprint density at radius 3 is 1.90 bits per heavy atom. The molecule has 1 aromatic rings. The largest absolute Gasteiger partial charge is 0.379 e. The Morgan fingerprint density at radius 1 is 0.900 bits per heavy atom. The normalized spacial score (nSPS) is 14.1. The topological polar surface area (TPSA) is 36.8 Å². The van der Waals surface area contributed by atoms with Gasteiger partial charge in [0.15, 0.2) is 0 Å². The maximum Gasteiger partial charge on any atom is 0.0945 e. The highest BCUT2D eigenvalue weighted by Crippen LogP contribution is 2.06. The summed E-state index contributed by atoms with van der Waals surface area (Å²) in [4.78, 5) is 11.2. The zero-order valence-electron chi connectivity index (χ0n) is 21.9. The fraction of sp³-hybridized carbons (Fsp3) is 0.875. The number of aromatic nitrogens is 2. The first-order chi connectivity index (χ1) is 14.4. The molecule has 6 nitrogen and oxygen atoms in total. The molecular formula is C24H53N5O. The maximum atomic E-state index is 5.25. The first kappa shape index (κ1) is 31.2. The number of morpholine rings is 1. The van der Waals surface area contributed by atoms with Gasteiger partial charge < -0.3 is 14.2 Å². The van der Waals surface area contributed by atoms with Gasteiger partial charge in [0.1, 0.15) is 0 Å². The van der Waals surface area contributed by atoms with Crippen LogP contribution >= 0.6 is 0 Å². The van der Waals surface area contributed by atoms with E-state index in [1.165, 1.54) is 13.0 Å². The van der Waals surface area contributed by atoms with Crippen LogP contribution in [0.4, 0.5) is 0 Å². The van der Waals surface area contributed by atoms with Gasteiger partial charge in [-0.2, -0.15) is 0 Å². The minimum Gasteiger partial charge on any atom is -0.379 e. The van der Waals surface area contributed by atoms with E-state index in [9.17, 15) is 0 Å². The summed E-state index contributed by atoms with van der Waals surface area (Å²) in [6, 6.07) is 1.26. The molecule has 1 fully saturated rings. The molecular weight excluding hydrogens is 374 g/mol. The monoisotopic (exact) mass is 427 g/mol. The number of hydrogen-bond donors (Lipinski definition) is 0. The first-order valence-electron chi connectivity index (χ1n) is 12.1. The van der Waals surface area contributed by atoms with Crippen molar-refractivity contribution in [3.8, 4) is 0 Å². The van der Waals surface area contributed by atoms with Crippen LogP contribution in [0.25, 0.3) is 0 Å².